The first-order valence-electron chi connectivity index (χ1n) is 23.1. The average molecular weight is 915 g/mol. The summed E-state index contributed by atoms with van der Waals surface area (Å²) in [5, 5.41) is 52.7. The Hall–Kier alpha value is -10.8. The van der Waals surface area contributed by atoms with Gasteiger partial charge in [-0.25, -0.2) is 4.98 Å². The smallest absolute Gasteiger partial charge is 0.138 e. The minimum Gasteiger partial charge on any atom is -0.307 e. The number of hydrogen-bond donors (Lipinski definition) is 0. The number of nitriles is 5. The fourth-order valence-corrected chi connectivity index (χ4v) is 9.94. The van der Waals surface area contributed by atoms with Crippen LogP contribution in [0.2, 0.25) is 0 Å². The van der Waals surface area contributed by atoms with E-state index < -0.39 is 0 Å². The van der Waals surface area contributed by atoms with Gasteiger partial charge in [-0.1, -0.05) is 109 Å². The van der Waals surface area contributed by atoms with Crippen LogP contribution in [0.1, 0.15) is 27.8 Å². The summed E-state index contributed by atoms with van der Waals surface area (Å²) >= 11 is 0. The molecule has 330 valence electrons. The van der Waals surface area contributed by atoms with Gasteiger partial charge in [0.15, 0.2) is 0 Å². The number of rotatable bonds is 7. The highest BCUT2D eigenvalue weighted by Gasteiger charge is 2.22. The Balaban J connectivity index is 1.15. The Bertz CT molecular complexity index is 4180. The van der Waals surface area contributed by atoms with Crippen molar-refractivity contribution in [3.63, 3.8) is 0 Å². The quantitative estimate of drug-likeness (QED) is 0.156. The molecule has 3 aromatic heterocycles. The number of pyridine rings is 1. The number of nitrogens with zero attached hydrogens (tertiary/aromatic N) is 8. The summed E-state index contributed by atoms with van der Waals surface area (Å²) in [5.74, 6) is 0.655. The molecule has 72 heavy (non-hydrogen) atoms. The summed E-state index contributed by atoms with van der Waals surface area (Å²) < 4.78 is 4.46. The molecule has 12 aromatic rings. The highest BCUT2D eigenvalue weighted by molar-refractivity contribution is 6.13. The molecule has 0 fully saturated rings. The van der Waals surface area contributed by atoms with E-state index in [9.17, 15) is 26.3 Å². The fourth-order valence-electron chi connectivity index (χ4n) is 9.94. The topological polar surface area (TPSA) is 142 Å². The molecule has 0 N–H and O–H groups in total. The van der Waals surface area contributed by atoms with E-state index in [4.69, 9.17) is 4.98 Å². The minimum absolute atomic E-state index is 0.515. The molecule has 12 rings (SSSR count). The van der Waals surface area contributed by atoms with Crippen LogP contribution in [0.25, 0.3) is 111 Å². The normalized spacial score (nSPS) is 11.0. The van der Waals surface area contributed by atoms with Gasteiger partial charge in [-0.3, -0.25) is 4.57 Å². The first-order valence-corrected chi connectivity index (χ1v) is 23.1. The third-order valence-corrected chi connectivity index (χ3v) is 13.6. The summed E-state index contributed by atoms with van der Waals surface area (Å²) in [6.45, 7) is 0. The van der Waals surface area contributed by atoms with Crippen molar-refractivity contribution in [2.24, 2.45) is 0 Å². The van der Waals surface area contributed by atoms with Crippen LogP contribution < -0.4 is 0 Å². The molecule has 0 aliphatic carbocycles. The lowest BCUT2D eigenvalue weighted by molar-refractivity contribution is 1.06. The molecule has 8 nitrogen and oxygen atoms in total. The van der Waals surface area contributed by atoms with Crippen LogP contribution in [0.3, 0.4) is 0 Å². The Morgan fingerprint density at radius 2 is 0.625 bits per heavy atom. The molecular weight excluding hydrogens is 881 g/mol. The summed E-state index contributed by atoms with van der Waals surface area (Å²) in [6, 6.07) is 77.2. The Labute approximate surface area is 413 Å². The Morgan fingerprint density at radius 1 is 0.292 bits per heavy atom. The zero-order valence-electron chi connectivity index (χ0n) is 38.2. The summed E-state index contributed by atoms with van der Waals surface area (Å²) in [5.41, 5.74) is 16.8. The standard InChI is InChI=1S/C64H34N8/c65-34-40-4-12-45(13-5-40)49-20-24-54-55-25-21-50(46-14-6-41(35-66)7-15-46)30-60(55)71(59(54)29-49)63-39-70-64(33-58(63)53-3-1-2-44(28-53)38-69)72-61-31-51(47-16-8-42(36-67)9-17-47)22-26-56(61)57-27-23-52(32-62(57)72)48-18-10-43(37-68)11-19-48/h1-33,39H. The molecule has 0 atom stereocenters. The van der Waals surface area contributed by atoms with Crippen molar-refractivity contribution in [2.45, 2.75) is 0 Å². The molecule has 0 amide bonds. The second-order valence-electron chi connectivity index (χ2n) is 17.6. The summed E-state index contributed by atoms with van der Waals surface area (Å²) in [4.78, 5) is 5.41. The number of aromatic nitrogens is 3. The maximum Gasteiger partial charge on any atom is 0.138 e. The monoisotopic (exact) mass is 914 g/mol. The van der Waals surface area contributed by atoms with Crippen molar-refractivity contribution in [1.29, 1.82) is 26.3 Å². The van der Waals surface area contributed by atoms with Crippen molar-refractivity contribution in [3.05, 3.63) is 234 Å². The van der Waals surface area contributed by atoms with Crippen LogP contribution in [0, 0.1) is 56.7 Å². The van der Waals surface area contributed by atoms with E-state index in [1.165, 1.54) is 0 Å². The lowest BCUT2D eigenvalue weighted by atomic mass is 10.0. The van der Waals surface area contributed by atoms with E-state index in [1.807, 2.05) is 128 Å². The fraction of sp³-hybridized carbons (Fsp3) is 0. The van der Waals surface area contributed by atoms with Crippen LogP contribution >= 0.6 is 0 Å². The van der Waals surface area contributed by atoms with E-state index in [-0.39, 0.29) is 0 Å². The lowest BCUT2D eigenvalue weighted by Gasteiger charge is -2.17. The molecule has 0 saturated heterocycles. The molecule has 0 aliphatic heterocycles. The molecule has 9 aromatic carbocycles. The maximum atomic E-state index is 10.3. The van der Waals surface area contributed by atoms with Crippen LogP contribution in [-0.2, 0) is 0 Å². The predicted molar refractivity (Wildman–Crippen MR) is 284 cm³/mol. The van der Waals surface area contributed by atoms with E-state index >= 15 is 0 Å². The number of benzene rings is 9. The van der Waals surface area contributed by atoms with Crippen molar-refractivity contribution >= 4 is 43.6 Å². The van der Waals surface area contributed by atoms with E-state index in [1.54, 1.807) is 0 Å². The van der Waals surface area contributed by atoms with Gasteiger partial charge in [0.2, 0.25) is 0 Å². The molecular formula is C64H34N8. The lowest BCUT2D eigenvalue weighted by Crippen LogP contribution is -2.04. The van der Waals surface area contributed by atoms with Crippen LogP contribution in [0.15, 0.2) is 206 Å². The maximum absolute atomic E-state index is 10.3. The largest absolute Gasteiger partial charge is 0.307 e. The second kappa shape index (κ2) is 17.4. The Kier molecular flexibility index (Phi) is 10.3. The van der Waals surface area contributed by atoms with Crippen LogP contribution in [0.5, 0.6) is 0 Å². The average Bonchev–Trinajstić information content (AvgIpc) is 3.96. The van der Waals surface area contributed by atoms with Crippen molar-refractivity contribution in [3.8, 4) is 97.5 Å². The predicted octanol–water partition coefficient (Wildman–Crippen LogP) is 15.0. The minimum atomic E-state index is 0.515. The first-order chi connectivity index (χ1) is 35.4. The van der Waals surface area contributed by atoms with Crippen molar-refractivity contribution in [1.82, 2.24) is 14.1 Å². The molecule has 0 aliphatic rings. The van der Waals surface area contributed by atoms with Gasteiger partial charge in [0, 0.05) is 27.1 Å². The van der Waals surface area contributed by atoms with Gasteiger partial charge in [0.05, 0.1) is 92.1 Å². The highest BCUT2D eigenvalue weighted by atomic mass is 15.1. The van der Waals surface area contributed by atoms with Gasteiger partial charge in [-0.05, 0) is 141 Å². The van der Waals surface area contributed by atoms with E-state index in [0.717, 1.165) is 105 Å². The van der Waals surface area contributed by atoms with Crippen LogP contribution in [-0.4, -0.2) is 14.1 Å². The zero-order chi connectivity index (χ0) is 48.9. The molecule has 8 heteroatoms. The van der Waals surface area contributed by atoms with E-state index in [2.05, 4.69) is 118 Å². The van der Waals surface area contributed by atoms with Crippen LogP contribution in [0.4, 0.5) is 0 Å². The molecule has 0 radical (unpaired) electrons. The molecule has 0 spiro atoms. The number of hydrogen-bond acceptors (Lipinski definition) is 6. The van der Waals surface area contributed by atoms with Gasteiger partial charge in [0.1, 0.15) is 5.82 Å². The summed E-state index contributed by atoms with van der Waals surface area (Å²) in [7, 11) is 0. The Morgan fingerprint density at radius 3 is 0.972 bits per heavy atom. The number of fused-ring (bicyclic) bond motifs is 6. The van der Waals surface area contributed by atoms with Gasteiger partial charge in [-0.2, -0.15) is 26.3 Å². The first kappa shape index (κ1) is 42.5. The van der Waals surface area contributed by atoms with Gasteiger partial charge in [-0.15, -0.1) is 0 Å². The van der Waals surface area contributed by atoms with Gasteiger partial charge < -0.3 is 4.57 Å². The molecule has 3 heterocycles. The van der Waals surface area contributed by atoms with Crippen molar-refractivity contribution in [2.75, 3.05) is 0 Å². The molecule has 0 bridgehead atoms. The van der Waals surface area contributed by atoms with E-state index in [0.29, 0.717) is 33.6 Å². The third kappa shape index (κ3) is 7.25. The molecule has 0 unspecified atom stereocenters. The second-order valence-corrected chi connectivity index (χ2v) is 17.6. The zero-order valence-corrected chi connectivity index (χ0v) is 38.2. The van der Waals surface area contributed by atoms with Crippen molar-refractivity contribution < 1.29 is 0 Å². The highest BCUT2D eigenvalue weighted by Crippen LogP contribution is 2.42. The SMILES string of the molecule is N#Cc1ccc(-c2ccc3c4ccc(-c5ccc(C#N)cc5)cc4n(-c4cc(-c5cccc(C#N)c5)c(-n5c6cc(-c7ccc(C#N)cc7)ccc6c6ccc(-c7ccc(C#N)cc7)cc65)cn4)c3c2)cc1. The van der Waals surface area contributed by atoms with Gasteiger partial charge in [0.25, 0.3) is 0 Å². The third-order valence-electron chi connectivity index (χ3n) is 13.6. The molecule has 0 saturated carbocycles. The summed E-state index contributed by atoms with van der Waals surface area (Å²) in [6.07, 6.45) is 1.93. The van der Waals surface area contributed by atoms with Gasteiger partial charge >= 0.3 is 0 Å².